The highest BCUT2D eigenvalue weighted by atomic mass is 19.1. The highest BCUT2D eigenvalue weighted by molar-refractivity contribution is 5.80. The van der Waals surface area contributed by atoms with E-state index in [-0.39, 0.29) is 23.7 Å². The van der Waals surface area contributed by atoms with Gasteiger partial charge in [0.25, 0.3) is 0 Å². The molecule has 0 unspecified atom stereocenters. The molecule has 28 heavy (non-hydrogen) atoms. The van der Waals surface area contributed by atoms with Gasteiger partial charge in [-0.15, -0.1) is 0 Å². The maximum atomic E-state index is 13.3. The Morgan fingerprint density at radius 2 is 1.89 bits per heavy atom. The van der Waals surface area contributed by atoms with Gasteiger partial charge in [0.2, 0.25) is 5.91 Å². The van der Waals surface area contributed by atoms with Crippen LogP contribution >= 0.6 is 0 Å². The molecule has 148 valence electrons. The zero-order valence-corrected chi connectivity index (χ0v) is 16.1. The van der Waals surface area contributed by atoms with Crippen molar-refractivity contribution in [3.05, 3.63) is 42.6 Å². The van der Waals surface area contributed by atoms with Crippen molar-refractivity contribution >= 4 is 11.6 Å². The molecule has 2 saturated heterocycles. The molecule has 1 aromatic carbocycles. The molecule has 2 aliphatic rings. The van der Waals surface area contributed by atoms with Crippen molar-refractivity contribution in [3.63, 3.8) is 0 Å². The fraction of sp³-hybridized carbons (Fsp3) is 0.476. The molecular formula is C21H25FN4O2. The summed E-state index contributed by atoms with van der Waals surface area (Å²) in [6, 6.07) is 6.35. The van der Waals surface area contributed by atoms with E-state index in [0.717, 1.165) is 55.8 Å². The number of hydrogen-bond donors (Lipinski definition) is 0. The first kappa shape index (κ1) is 18.8. The van der Waals surface area contributed by atoms with Crippen LogP contribution in [-0.4, -0.2) is 60.2 Å². The molecule has 1 atom stereocenters. The summed E-state index contributed by atoms with van der Waals surface area (Å²) in [4.78, 5) is 25.6. The summed E-state index contributed by atoms with van der Waals surface area (Å²) in [5, 5.41) is 0. The number of benzene rings is 1. The number of amides is 1. The maximum absolute atomic E-state index is 13.3. The van der Waals surface area contributed by atoms with Crippen LogP contribution in [0.1, 0.15) is 19.3 Å². The Hall–Kier alpha value is -2.54. The van der Waals surface area contributed by atoms with E-state index in [1.807, 2.05) is 4.90 Å². The minimum atomic E-state index is -0.267. The highest BCUT2D eigenvalue weighted by Gasteiger charge is 2.33. The van der Waals surface area contributed by atoms with E-state index in [1.165, 1.54) is 18.5 Å². The van der Waals surface area contributed by atoms with Crippen molar-refractivity contribution in [1.82, 2.24) is 14.9 Å². The van der Waals surface area contributed by atoms with Crippen LogP contribution in [0.4, 0.5) is 10.1 Å². The number of piperidine rings is 1. The summed E-state index contributed by atoms with van der Waals surface area (Å²) in [5.41, 5.74) is 2.59. The summed E-state index contributed by atoms with van der Waals surface area (Å²) in [6.07, 6.45) is 6.03. The number of ether oxygens (including phenoxy) is 1. The zero-order valence-electron chi connectivity index (χ0n) is 16.1. The molecule has 2 fully saturated rings. The number of likely N-dealkylation sites (tertiary alicyclic amines) is 1. The van der Waals surface area contributed by atoms with Crippen LogP contribution in [-0.2, 0) is 9.53 Å². The van der Waals surface area contributed by atoms with Crippen LogP contribution in [0.5, 0.6) is 0 Å². The number of rotatable bonds is 4. The van der Waals surface area contributed by atoms with E-state index >= 15 is 0 Å². The first-order valence-electron chi connectivity index (χ1n) is 9.78. The number of anilines is 1. The van der Waals surface area contributed by atoms with Gasteiger partial charge >= 0.3 is 0 Å². The molecule has 2 aromatic rings. The Morgan fingerprint density at radius 3 is 2.57 bits per heavy atom. The molecule has 0 saturated carbocycles. The third-order valence-corrected chi connectivity index (χ3v) is 5.79. The molecule has 6 nitrogen and oxygen atoms in total. The van der Waals surface area contributed by atoms with Gasteiger partial charge in [-0.1, -0.05) is 0 Å². The molecule has 2 aliphatic heterocycles. The quantitative estimate of drug-likeness (QED) is 0.811. The summed E-state index contributed by atoms with van der Waals surface area (Å²) in [7, 11) is 1.71. The average molecular weight is 384 g/mol. The number of nitrogens with zero attached hydrogens (tertiary/aromatic N) is 4. The highest BCUT2D eigenvalue weighted by Crippen LogP contribution is 2.32. The average Bonchev–Trinajstić information content (AvgIpc) is 3.23. The topological polar surface area (TPSA) is 58.6 Å². The third-order valence-electron chi connectivity index (χ3n) is 5.79. The van der Waals surface area contributed by atoms with Gasteiger partial charge in [-0.2, -0.15) is 0 Å². The Balaban J connectivity index is 1.43. The Morgan fingerprint density at radius 1 is 1.14 bits per heavy atom. The van der Waals surface area contributed by atoms with E-state index in [2.05, 4.69) is 14.9 Å². The van der Waals surface area contributed by atoms with Crippen LogP contribution in [0.25, 0.3) is 11.3 Å². The molecule has 7 heteroatoms. The minimum Gasteiger partial charge on any atom is -0.380 e. The number of aromatic nitrogens is 2. The molecule has 0 radical (unpaired) electrons. The van der Waals surface area contributed by atoms with E-state index < -0.39 is 0 Å². The Labute approximate surface area is 164 Å². The van der Waals surface area contributed by atoms with E-state index in [4.69, 9.17) is 4.74 Å². The number of carbonyl (C=O) groups is 1. The molecule has 4 rings (SSSR count). The van der Waals surface area contributed by atoms with Gasteiger partial charge in [0.05, 0.1) is 23.7 Å². The SMILES string of the molecule is CO[C@H]1CCN(C(=O)C2CCN(c3cncnc3-c3ccc(F)cc3)CC2)C1. The third kappa shape index (κ3) is 3.85. The molecule has 1 aromatic heterocycles. The lowest BCUT2D eigenvalue weighted by Crippen LogP contribution is -2.42. The van der Waals surface area contributed by atoms with Gasteiger partial charge in [0, 0.05) is 44.8 Å². The van der Waals surface area contributed by atoms with E-state index in [9.17, 15) is 9.18 Å². The van der Waals surface area contributed by atoms with E-state index in [0.29, 0.717) is 6.54 Å². The molecule has 3 heterocycles. The van der Waals surface area contributed by atoms with Crippen molar-refractivity contribution in [2.75, 3.05) is 38.2 Å². The Kier molecular flexibility index (Phi) is 5.52. The second-order valence-electron chi connectivity index (χ2n) is 7.46. The predicted molar refractivity (Wildman–Crippen MR) is 104 cm³/mol. The van der Waals surface area contributed by atoms with Crippen LogP contribution in [0.2, 0.25) is 0 Å². The first-order valence-corrected chi connectivity index (χ1v) is 9.78. The zero-order chi connectivity index (χ0) is 19.5. The number of halogens is 1. The summed E-state index contributed by atoms with van der Waals surface area (Å²) >= 11 is 0. The lowest BCUT2D eigenvalue weighted by Gasteiger charge is -2.35. The second kappa shape index (κ2) is 8.22. The van der Waals surface area contributed by atoms with E-state index in [1.54, 1.807) is 25.4 Å². The van der Waals surface area contributed by atoms with Gasteiger partial charge in [-0.25, -0.2) is 14.4 Å². The maximum Gasteiger partial charge on any atom is 0.225 e. The van der Waals surface area contributed by atoms with Crippen LogP contribution in [0, 0.1) is 11.7 Å². The van der Waals surface area contributed by atoms with Gasteiger partial charge in [-0.3, -0.25) is 4.79 Å². The smallest absolute Gasteiger partial charge is 0.225 e. The molecule has 0 spiro atoms. The van der Waals surface area contributed by atoms with Crippen LogP contribution in [0.3, 0.4) is 0 Å². The summed E-state index contributed by atoms with van der Waals surface area (Å²) < 4.78 is 18.6. The monoisotopic (exact) mass is 384 g/mol. The van der Waals surface area contributed by atoms with Gasteiger partial charge in [0.15, 0.2) is 0 Å². The van der Waals surface area contributed by atoms with Crippen molar-refractivity contribution < 1.29 is 13.9 Å². The Bertz CT molecular complexity index is 821. The van der Waals surface area contributed by atoms with Crippen molar-refractivity contribution in [1.29, 1.82) is 0 Å². The minimum absolute atomic E-state index is 0.0609. The fourth-order valence-corrected chi connectivity index (χ4v) is 4.13. The standard InChI is InChI=1S/C21H25FN4O2/c1-28-18-8-11-26(13-18)21(27)16-6-9-25(10-7-16)19-12-23-14-24-20(19)15-2-4-17(22)5-3-15/h2-5,12,14,16,18H,6-11,13H2,1H3/t18-/m0/s1. The second-order valence-corrected chi connectivity index (χ2v) is 7.46. The van der Waals surface area contributed by atoms with Crippen LogP contribution < -0.4 is 4.90 Å². The fourth-order valence-electron chi connectivity index (χ4n) is 4.13. The number of methoxy groups -OCH3 is 1. The van der Waals surface area contributed by atoms with Crippen molar-refractivity contribution in [2.24, 2.45) is 5.92 Å². The largest absolute Gasteiger partial charge is 0.380 e. The van der Waals surface area contributed by atoms with Gasteiger partial charge in [-0.05, 0) is 43.5 Å². The lowest BCUT2D eigenvalue weighted by atomic mass is 9.94. The summed E-state index contributed by atoms with van der Waals surface area (Å²) in [6.45, 7) is 3.05. The van der Waals surface area contributed by atoms with Crippen molar-refractivity contribution in [2.45, 2.75) is 25.4 Å². The molecule has 0 aliphatic carbocycles. The van der Waals surface area contributed by atoms with Crippen molar-refractivity contribution in [3.8, 4) is 11.3 Å². The molecule has 0 N–H and O–H groups in total. The first-order chi connectivity index (χ1) is 13.7. The molecule has 0 bridgehead atoms. The number of hydrogen-bond acceptors (Lipinski definition) is 5. The summed E-state index contributed by atoms with van der Waals surface area (Å²) in [5.74, 6) is 0.0457. The van der Waals surface area contributed by atoms with Gasteiger partial charge in [0.1, 0.15) is 12.1 Å². The number of carbonyl (C=O) groups excluding carboxylic acids is 1. The molecule has 1 amide bonds. The van der Waals surface area contributed by atoms with Gasteiger partial charge < -0.3 is 14.5 Å². The molecular weight excluding hydrogens is 359 g/mol. The van der Waals surface area contributed by atoms with Crippen LogP contribution in [0.15, 0.2) is 36.8 Å². The predicted octanol–water partition coefficient (Wildman–Crippen LogP) is 2.75. The lowest BCUT2D eigenvalue weighted by molar-refractivity contribution is -0.135. The normalized spacial score (nSPS) is 20.6.